The number of ether oxygens (including phenoxy) is 1. The number of amides is 2. The van der Waals surface area contributed by atoms with E-state index in [-0.39, 0.29) is 30.7 Å². The van der Waals surface area contributed by atoms with E-state index in [1.807, 2.05) is 36.4 Å². The summed E-state index contributed by atoms with van der Waals surface area (Å²) in [5, 5.41) is 5.47. The fraction of sp³-hybridized carbons (Fsp3) is 0.130. The summed E-state index contributed by atoms with van der Waals surface area (Å²) in [6.45, 7) is 0.0173. The Hall–Kier alpha value is -3.71. The molecular formula is C23H22FN3O3. The number of rotatable bonds is 8. The molecular weight excluding hydrogens is 385 g/mol. The Kier molecular flexibility index (Phi) is 7.13. The lowest BCUT2D eigenvalue weighted by molar-refractivity contribution is -0.119. The molecule has 7 heteroatoms. The van der Waals surface area contributed by atoms with E-state index < -0.39 is 0 Å². The Morgan fingerprint density at radius 3 is 2.13 bits per heavy atom. The van der Waals surface area contributed by atoms with E-state index in [9.17, 15) is 14.0 Å². The topological polar surface area (TPSA) is 70.7 Å². The normalized spacial score (nSPS) is 10.5. The van der Waals surface area contributed by atoms with Gasteiger partial charge in [0, 0.05) is 5.69 Å². The minimum Gasteiger partial charge on any atom is -0.455 e. The van der Waals surface area contributed by atoms with Crippen LogP contribution in [-0.2, 0) is 9.59 Å². The molecule has 0 saturated heterocycles. The van der Waals surface area contributed by atoms with Crippen molar-refractivity contribution in [1.82, 2.24) is 4.90 Å². The van der Waals surface area contributed by atoms with Gasteiger partial charge >= 0.3 is 0 Å². The lowest BCUT2D eigenvalue weighted by Crippen LogP contribution is -2.36. The molecule has 3 aromatic carbocycles. The molecule has 0 saturated carbocycles. The van der Waals surface area contributed by atoms with Crippen molar-refractivity contribution in [2.75, 3.05) is 30.8 Å². The first-order chi connectivity index (χ1) is 14.5. The van der Waals surface area contributed by atoms with Crippen LogP contribution in [0.3, 0.4) is 0 Å². The smallest absolute Gasteiger partial charge is 0.238 e. The lowest BCUT2D eigenvalue weighted by Gasteiger charge is -2.17. The lowest BCUT2D eigenvalue weighted by atomic mass is 10.2. The van der Waals surface area contributed by atoms with E-state index in [2.05, 4.69) is 10.6 Å². The van der Waals surface area contributed by atoms with E-state index in [0.29, 0.717) is 22.9 Å². The first kappa shape index (κ1) is 21.0. The number of hydrogen-bond acceptors (Lipinski definition) is 4. The number of nitrogens with zero attached hydrogens (tertiary/aromatic N) is 1. The predicted molar refractivity (Wildman–Crippen MR) is 114 cm³/mol. The summed E-state index contributed by atoms with van der Waals surface area (Å²) in [7, 11) is 1.66. The van der Waals surface area contributed by atoms with Gasteiger partial charge in [0.05, 0.1) is 18.8 Å². The summed E-state index contributed by atoms with van der Waals surface area (Å²) in [4.78, 5) is 26.1. The van der Waals surface area contributed by atoms with Crippen LogP contribution in [0, 0.1) is 5.82 Å². The third kappa shape index (κ3) is 6.42. The number of benzene rings is 3. The average Bonchev–Trinajstić information content (AvgIpc) is 2.71. The van der Waals surface area contributed by atoms with E-state index in [1.165, 1.54) is 24.3 Å². The van der Waals surface area contributed by atoms with Crippen LogP contribution in [0.25, 0.3) is 0 Å². The van der Waals surface area contributed by atoms with Gasteiger partial charge in [-0.15, -0.1) is 0 Å². The standard InChI is InChI=1S/C23H22FN3O3/c1-27(15-22(28)25-18-13-11-17(24)12-14-18)16-23(29)26-20-9-5-6-10-21(20)30-19-7-3-2-4-8-19/h2-14H,15-16H2,1H3,(H,25,28)(H,26,29). The van der Waals surface area contributed by atoms with Crippen LogP contribution >= 0.6 is 0 Å². The Morgan fingerprint density at radius 1 is 0.833 bits per heavy atom. The minimum absolute atomic E-state index is 0.00690. The Morgan fingerprint density at radius 2 is 1.43 bits per heavy atom. The van der Waals surface area contributed by atoms with Crippen molar-refractivity contribution >= 4 is 23.2 Å². The number of halogens is 1. The molecule has 0 aliphatic heterocycles. The molecule has 2 amide bonds. The number of anilines is 2. The van der Waals surface area contributed by atoms with Crippen molar-refractivity contribution in [3.05, 3.63) is 84.7 Å². The first-order valence-corrected chi connectivity index (χ1v) is 9.35. The van der Waals surface area contributed by atoms with Crippen molar-refractivity contribution in [1.29, 1.82) is 0 Å². The molecule has 0 radical (unpaired) electrons. The highest BCUT2D eigenvalue weighted by atomic mass is 19.1. The molecule has 6 nitrogen and oxygen atoms in total. The Balaban J connectivity index is 1.52. The summed E-state index contributed by atoms with van der Waals surface area (Å²) >= 11 is 0. The molecule has 3 aromatic rings. The number of carbonyl (C=O) groups excluding carboxylic acids is 2. The van der Waals surface area contributed by atoms with Crippen molar-refractivity contribution in [2.45, 2.75) is 0 Å². The quantitative estimate of drug-likeness (QED) is 0.589. The molecule has 0 bridgehead atoms. The maximum absolute atomic E-state index is 12.9. The minimum atomic E-state index is -0.377. The van der Waals surface area contributed by atoms with Gasteiger partial charge in [0.25, 0.3) is 0 Å². The van der Waals surface area contributed by atoms with E-state index in [0.717, 1.165) is 0 Å². The average molecular weight is 407 g/mol. The van der Waals surface area contributed by atoms with Gasteiger partial charge in [0.2, 0.25) is 11.8 Å². The summed E-state index contributed by atoms with van der Waals surface area (Å²) in [5.41, 5.74) is 1.03. The molecule has 0 heterocycles. The van der Waals surface area contributed by atoms with Crippen LogP contribution < -0.4 is 15.4 Å². The van der Waals surface area contributed by atoms with Crippen molar-refractivity contribution in [2.24, 2.45) is 0 Å². The number of hydrogen-bond donors (Lipinski definition) is 2. The molecule has 0 aromatic heterocycles. The molecule has 0 spiro atoms. The summed E-state index contributed by atoms with van der Waals surface area (Å²) in [6, 6.07) is 21.9. The van der Waals surface area contributed by atoms with Crippen LogP contribution in [0.5, 0.6) is 11.5 Å². The van der Waals surface area contributed by atoms with Crippen LogP contribution in [0.2, 0.25) is 0 Å². The van der Waals surface area contributed by atoms with Gasteiger partial charge in [0.15, 0.2) is 5.75 Å². The molecule has 3 rings (SSSR count). The zero-order valence-corrected chi connectivity index (χ0v) is 16.5. The third-order valence-corrected chi connectivity index (χ3v) is 4.09. The highest BCUT2D eigenvalue weighted by Gasteiger charge is 2.13. The SMILES string of the molecule is CN(CC(=O)Nc1ccc(F)cc1)CC(=O)Nc1ccccc1Oc1ccccc1. The maximum Gasteiger partial charge on any atom is 0.238 e. The van der Waals surface area contributed by atoms with E-state index >= 15 is 0 Å². The largest absolute Gasteiger partial charge is 0.455 e. The molecule has 0 aliphatic carbocycles. The highest BCUT2D eigenvalue weighted by molar-refractivity contribution is 5.95. The van der Waals surface area contributed by atoms with Crippen LogP contribution in [0.15, 0.2) is 78.9 Å². The van der Waals surface area contributed by atoms with Crippen molar-refractivity contribution in [3.63, 3.8) is 0 Å². The molecule has 0 unspecified atom stereocenters. The maximum atomic E-state index is 12.9. The molecule has 154 valence electrons. The molecule has 2 N–H and O–H groups in total. The van der Waals surface area contributed by atoms with Gasteiger partial charge in [-0.2, -0.15) is 0 Å². The van der Waals surface area contributed by atoms with Gasteiger partial charge in [-0.25, -0.2) is 4.39 Å². The van der Waals surface area contributed by atoms with Gasteiger partial charge in [-0.3, -0.25) is 14.5 Å². The zero-order valence-electron chi connectivity index (χ0n) is 16.5. The van der Waals surface area contributed by atoms with E-state index in [4.69, 9.17) is 4.74 Å². The van der Waals surface area contributed by atoms with Gasteiger partial charge in [-0.1, -0.05) is 30.3 Å². The second kappa shape index (κ2) is 10.2. The number of para-hydroxylation sites is 3. The highest BCUT2D eigenvalue weighted by Crippen LogP contribution is 2.29. The van der Waals surface area contributed by atoms with E-state index in [1.54, 1.807) is 30.1 Å². The monoisotopic (exact) mass is 407 g/mol. The first-order valence-electron chi connectivity index (χ1n) is 9.35. The second-order valence-corrected chi connectivity index (χ2v) is 6.69. The molecule has 30 heavy (non-hydrogen) atoms. The fourth-order valence-electron chi connectivity index (χ4n) is 2.74. The van der Waals surface area contributed by atoms with Crippen molar-refractivity contribution in [3.8, 4) is 11.5 Å². The van der Waals surface area contributed by atoms with Crippen LogP contribution in [-0.4, -0.2) is 36.9 Å². The second-order valence-electron chi connectivity index (χ2n) is 6.69. The van der Waals surface area contributed by atoms with Crippen molar-refractivity contribution < 1.29 is 18.7 Å². The van der Waals surface area contributed by atoms with Crippen LogP contribution in [0.4, 0.5) is 15.8 Å². The third-order valence-electron chi connectivity index (χ3n) is 4.09. The summed E-state index contributed by atoms with van der Waals surface area (Å²) in [6.07, 6.45) is 0. The zero-order chi connectivity index (χ0) is 21.3. The Labute approximate surface area is 174 Å². The fourth-order valence-corrected chi connectivity index (χ4v) is 2.74. The number of carbonyl (C=O) groups is 2. The van der Waals surface area contributed by atoms with Gasteiger partial charge < -0.3 is 15.4 Å². The number of nitrogens with one attached hydrogen (secondary N) is 2. The number of likely N-dealkylation sites (N-methyl/N-ethyl adjacent to an activating group) is 1. The summed E-state index contributed by atoms with van der Waals surface area (Å²) < 4.78 is 18.8. The molecule has 0 aliphatic rings. The summed E-state index contributed by atoms with van der Waals surface area (Å²) in [5.74, 6) is 0.224. The Bertz CT molecular complexity index is 994. The van der Waals surface area contributed by atoms with Gasteiger partial charge in [0.1, 0.15) is 11.6 Å². The molecule has 0 fully saturated rings. The van der Waals surface area contributed by atoms with Crippen LogP contribution in [0.1, 0.15) is 0 Å². The molecule has 0 atom stereocenters. The predicted octanol–water partition coefficient (Wildman–Crippen LogP) is 4.13. The van der Waals surface area contributed by atoms with Gasteiger partial charge in [-0.05, 0) is 55.6 Å².